The molecule has 2 fully saturated rings. The molecule has 0 spiro atoms. The molecule has 0 radical (unpaired) electrons. The Labute approximate surface area is 248 Å². The average molecular weight is 628 g/mol. The second-order valence-electron chi connectivity index (χ2n) is 11.2. The summed E-state index contributed by atoms with van der Waals surface area (Å²) in [7, 11) is 0. The van der Waals surface area contributed by atoms with Gasteiger partial charge in [0.1, 0.15) is 5.75 Å². The fraction of sp³-hybridized carbons (Fsp3) is 0.419. The molecule has 1 N–H and O–H groups in total. The third-order valence-electron chi connectivity index (χ3n) is 8.45. The van der Waals surface area contributed by atoms with E-state index in [1.165, 1.54) is 12.1 Å². The van der Waals surface area contributed by atoms with Gasteiger partial charge in [0, 0.05) is 5.92 Å². The van der Waals surface area contributed by atoms with E-state index in [1.54, 1.807) is 6.07 Å². The standard InChI is InChI=1S/C31H28ClF6NO4/c1-3-16-9-22-27(23-14-43-25(26(16)23)7-4-15(2)8-17-5-6-21(40)13-24(17)32)29(42)39(28(22)41)20-11-18(30(33,34)35)10-19(12-20)31(36,37)38/h5-6,8,10-13,22-23,25,27,40H,3-4,7,9,14H2,1-2H3/b15-8+/t22-,23+,25-,27-/m1/s1. The molecule has 4 atom stereocenters. The maximum absolute atomic E-state index is 13.7. The van der Waals surface area contributed by atoms with Crippen LogP contribution in [-0.2, 0) is 26.7 Å². The summed E-state index contributed by atoms with van der Waals surface area (Å²) in [5.74, 6) is -3.93. The molecule has 0 bridgehead atoms. The van der Waals surface area contributed by atoms with Crippen molar-refractivity contribution in [3.63, 3.8) is 0 Å². The first kappa shape index (κ1) is 31.1. The predicted molar refractivity (Wildman–Crippen MR) is 147 cm³/mol. The molecule has 230 valence electrons. The van der Waals surface area contributed by atoms with Gasteiger partial charge in [-0.1, -0.05) is 35.7 Å². The maximum Gasteiger partial charge on any atom is 0.416 e. The van der Waals surface area contributed by atoms with E-state index in [-0.39, 0.29) is 30.9 Å². The van der Waals surface area contributed by atoms with E-state index in [0.717, 1.165) is 22.3 Å². The summed E-state index contributed by atoms with van der Waals surface area (Å²) in [6, 6.07) is 5.46. The van der Waals surface area contributed by atoms with Crippen LogP contribution in [0.4, 0.5) is 32.0 Å². The second-order valence-corrected chi connectivity index (χ2v) is 11.6. The highest BCUT2D eigenvalue weighted by Crippen LogP contribution is 2.52. The summed E-state index contributed by atoms with van der Waals surface area (Å²) in [4.78, 5) is 27.7. The lowest BCUT2D eigenvalue weighted by Gasteiger charge is -2.31. The molecule has 5 rings (SSSR count). The minimum absolute atomic E-state index is 0.0299. The van der Waals surface area contributed by atoms with Crippen LogP contribution in [0.1, 0.15) is 56.2 Å². The Bertz CT molecular complexity index is 1500. The van der Waals surface area contributed by atoms with Gasteiger partial charge in [-0.2, -0.15) is 26.3 Å². The zero-order chi connectivity index (χ0) is 31.4. The molecular weight excluding hydrogens is 600 g/mol. The lowest BCUT2D eigenvalue weighted by molar-refractivity contribution is -0.143. The quantitative estimate of drug-likeness (QED) is 0.199. The highest BCUT2D eigenvalue weighted by molar-refractivity contribution is 6.32. The van der Waals surface area contributed by atoms with Gasteiger partial charge in [0.25, 0.3) is 0 Å². The molecule has 5 nitrogen and oxygen atoms in total. The number of halogens is 7. The number of ether oxygens (including phenoxy) is 1. The largest absolute Gasteiger partial charge is 0.508 e. The zero-order valence-electron chi connectivity index (χ0n) is 23.2. The lowest BCUT2D eigenvalue weighted by atomic mass is 9.69. The van der Waals surface area contributed by atoms with Crippen LogP contribution in [0.2, 0.25) is 5.02 Å². The number of phenolic OH excluding ortho intramolecular Hbond substituents is 1. The minimum atomic E-state index is -5.12. The van der Waals surface area contributed by atoms with Crippen LogP contribution in [0, 0.1) is 17.8 Å². The van der Waals surface area contributed by atoms with Crippen LogP contribution in [0.3, 0.4) is 0 Å². The number of rotatable bonds is 6. The van der Waals surface area contributed by atoms with Crippen molar-refractivity contribution in [3.05, 3.63) is 74.8 Å². The summed E-state index contributed by atoms with van der Waals surface area (Å²) in [5.41, 5.74) is -0.411. The Morgan fingerprint density at radius 2 is 1.67 bits per heavy atom. The third-order valence-corrected chi connectivity index (χ3v) is 8.78. The van der Waals surface area contributed by atoms with Crippen molar-refractivity contribution in [2.24, 2.45) is 17.8 Å². The SMILES string of the molecule is CCC1=C2[C@@H](CC/C(C)=C/c3ccc(O)cc3Cl)OC[C@@H]2[C@@H]2C(=O)N(c3cc(C(F)(F)F)cc(C(F)(F)F)c3)C(=O)[C@@H]2C1. The predicted octanol–water partition coefficient (Wildman–Crippen LogP) is 8.20. The Hall–Kier alpha value is -3.31. The van der Waals surface area contributed by atoms with Gasteiger partial charge in [-0.15, -0.1) is 0 Å². The molecule has 0 aromatic heterocycles. The normalized spacial score (nSPS) is 24.6. The molecule has 3 aliphatic rings. The van der Waals surface area contributed by atoms with Crippen molar-refractivity contribution in [2.75, 3.05) is 11.5 Å². The van der Waals surface area contributed by atoms with Crippen molar-refractivity contribution in [2.45, 2.75) is 58.0 Å². The number of imide groups is 1. The Morgan fingerprint density at radius 3 is 2.26 bits per heavy atom. The minimum Gasteiger partial charge on any atom is -0.508 e. The van der Waals surface area contributed by atoms with Gasteiger partial charge < -0.3 is 9.84 Å². The number of nitrogens with zero attached hydrogens (tertiary/aromatic N) is 1. The number of alkyl halides is 6. The molecule has 2 saturated heterocycles. The Morgan fingerprint density at radius 1 is 1.02 bits per heavy atom. The van der Waals surface area contributed by atoms with E-state index in [0.29, 0.717) is 41.3 Å². The number of amides is 2. The number of phenols is 1. The zero-order valence-corrected chi connectivity index (χ0v) is 23.9. The molecule has 1 aliphatic carbocycles. The van der Waals surface area contributed by atoms with E-state index >= 15 is 0 Å². The number of carbonyl (C=O) groups is 2. The van der Waals surface area contributed by atoms with Gasteiger partial charge in [0.05, 0.1) is 46.4 Å². The number of anilines is 1. The van der Waals surface area contributed by atoms with Gasteiger partial charge in [-0.25, -0.2) is 4.90 Å². The number of aromatic hydroxyl groups is 1. The number of fused-ring (bicyclic) bond motifs is 3. The number of hydrogen-bond donors (Lipinski definition) is 1. The van der Waals surface area contributed by atoms with Crippen LogP contribution in [-0.4, -0.2) is 29.6 Å². The number of allylic oxidation sites excluding steroid dienone is 2. The van der Waals surface area contributed by atoms with Crippen LogP contribution >= 0.6 is 11.6 Å². The molecule has 2 heterocycles. The molecule has 12 heteroatoms. The third kappa shape index (κ3) is 5.93. The van der Waals surface area contributed by atoms with E-state index < -0.39 is 58.7 Å². The summed E-state index contributed by atoms with van der Waals surface area (Å²) in [6.45, 7) is 3.93. The Kier molecular flexibility index (Phi) is 8.19. The van der Waals surface area contributed by atoms with Crippen LogP contribution < -0.4 is 4.90 Å². The van der Waals surface area contributed by atoms with Crippen molar-refractivity contribution in [3.8, 4) is 5.75 Å². The first-order chi connectivity index (χ1) is 20.1. The van der Waals surface area contributed by atoms with Gasteiger partial charge in [-0.3, -0.25) is 9.59 Å². The molecule has 2 aromatic rings. The van der Waals surface area contributed by atoms with E-state index in [4.69, 9.17) is 16.3 Å². The van der Waals surface area contributed by atoms with Crippen molar-refractivity contribution < 1.29 is 45.8 Å². The van der Waals surface area contributed by atoms with Gasteiger partial charge in [0.15, 0.2) is 0 Å². The van der Waals surface area contributed by atoms with Crippen molar-refractivity contribution >= 4 is 35.2 Å². The van der Waals surface area contributed by atoms with E-state index in [1.807, 2.05) is 19.9 Å². The molecule has 0 saturated carbocycles. The first-order valence-electron chi connectivity index (χ1n) is 13.8. The van der Waals surface area contributed by atoms with Crippen LogP contribution in [0.25, 0.3) is 6.08 Å². The summed E-state index contributed by atoms with van der Waals surface area (Å²) >= 11 is 6.21. The lowest BCUT2D eigenvalue weighted by Crippen LogP contribution is -2.34. The van der Waals surface area contributed by atoms with E-state index in [9.17, 15) is 41.0 Å². The topological polar surface area (TPSA) is 66.8 Å². The molecular formula is C31H28ClF6NO4. The summed E-state index contributed by atoms with van der Waals surface area (Å²) < 4.78 is 87.2. The number of carbonyl (C=O) groups excluding carboxylic acids is 2. The fourth-order valence-corrected chi connectivity index (χ4v) is 6.69. The number of benzene rings is 2. The molecule has 2 amide bonds. The molecule has 2 aromatic carbocycles. The summed E-state index contributed by atoms with van der Waals surface area (Å²) in [6.07, 6.45) is -6.82. The van der Waals surface area contributed by atoms with Crippen molar-refractivity contribution in [1.82, 2.24) is 0 Å². The number of hydrogen-bond acceptors (Lipinski definition) is 4. The highest BCUT2D eigenvalue weighted by Gasteiger charge is 2.57. The smallest absolute Gasteiger partial charge is 0.416 e. The van der Waals surface area contributed by atoms with Crippen molar-refractivity contribution in [1.29, 1.82) is 0 Å². The van der Waals surface area contributed by atoms with Gasteiger partial charge >= 0.3 is 12.4 Å². The van der Waals surface area contributed by atoms with Gasteiger partial charge in [0.2, 0.25) is 11.8 Å². The van der Waals surface area contributed by atoms with Gasteiger partial charge in [-0.05, 0) is 80.1 Å². The average Bonchev–Trinajstić information content (AvgIpc) is 3.45. The molecule has 43 heavy (non-hydrogen) atoms. The maximum atomic E-state index is 13.7. The second kappa shape index (κ2) is 11.3. The van der Waals surface area contributed by atoms with Crippen LogP contribution in [0.15, 0.2) is 53.1 Å². The van der Waals surface area contributed by atoms with E-state index in [2.05, 4.69) is 0 Å². The molecule has 2 aliphatic heterocycles. The highest BCUT2D eigenvalue weighted by atomic mass is 35.5. The monoisotopic (exact) mass is 627 g/mol. The molecule has 0 unspecified atom stereocenters. The first-order valence-corrected chi connectivity index (χ1v) is 14.1. The summed E-state index contributed by atoms with van der Waals surface area (Å²) in [5, 5.41) is 9.97. The van der Waals surface area contributed by atoms with Crippen LogP contribution in [0.5, 0.6) is 5.75 Å². The Balaban J connectivity index is 1.41. The fourth-order valence-electron chi connectivity index (χ4n) is 6.46.